The quantitative estimate of drug-likeness (QED) is 0.762. The molecular weight excluding hydrogens is 290 g/mol. The Labute approximate surface area is 137 Å². The van der Waals surface area contributed by atoms with Gasteiger partial charge in [-0.25, -0.2) is 0 Å². The number of ether oxygens (including phenoxy) is 1. The van der Waals surface area contributed by atoms with Crippen LogP contribution in [0.3, 0.4) is 0 Å². The maximum atomic E-state index is 11.8. The number of rotatable bonds is 8. The van der Waals surface area contributed by atoms with Crippen LogP contribution in [-0.2, 0) is 18.3 Å². The molecule has 0 radical (unpaired) electrons. The molecule has 0 saturated heterocycles. The fourth-order valence-electron chi connectivity index (χ4n) is 2.53. The molecule has 124 valence electrons. The summed E-state index contributed by atoms with van der Waals surface area (Å²) in [6, 6.07) is 9.65. The molecule has 2 aromatic rings. The number of carbonyl (C=O) groups is 1. The highest BCUT2D eigenvalue weighted by Crippen LogP contribution is 2.12. The molecule has 23 heavy (non-hydrogen) atoms. The molecule has 1 aromatic carbocycles. The Morgan fingerprint density at radius 1 is 1.26 bits per heavy atom. The lowest BCUT2D eigenvalue weighted by molar-refractivity contribution is -0.121. The second-order valence-corrected chi connectivity index (χ2v) is 5.64. The predicted molar refractivity (Wildman–Crippen MR) is 90.6 cm³/mol. The third-order valence-corrected chi connectivity index (χ3v) is 3.92. The van der Waals surface area contributed by atoms with Gasteiger partial charge in [-0.15, -0.1) is 0 Å². The van der Waals surface area contributed by atoms with E-state index in [1.807, 2.05) is 49.0 Å². The number of nitrogens with zero attached hydrogens (tertiary/aromatic N) is 2. The lowest BCUT2D eigenvalue weighted by Gasteiger charge is -2.07. The van der Waals surface area contributed by atoms with Crippen molar-refractivity contribution in [1.29, 1.82) is 0 Å². The van der Waals surface area contributed by atoms with Crippen LogP contribution in [0.2, 0.25) is 0 Å². The topological polar surface area (TPSA) is 56.2 Å². The third kappa shape index (κ3) is 5.13. The molecule has 1 aromatic heterocycles. The molecule has 0 spiro atoms. The van der Waals surface area contributed by atoms with Gasteiger partial charge in [0, 0.05) is 25.7 Å². The Morgan fingerprint density at radius 2 is 2.00 bits per heavy atom. The van der Waals surface area contributed by atoms with E-state index in [-0.39, 0.29) is 5.91 Å². The van der Waals surface area contributed by atoms with E-state index in [0.717, 1.165) is 23.6 Å². The molecule has 0 saturated carbocycles. The lowest BCUT2D eigenvalue weighted by Crippen LogP contribution is -2.26. The molecule has 0 unspecified atom stereocenters. The Balaban J connectivity index is 1.62. The largest absolute Gasteiger partial charge is 0.494 e. The van der Waals surface area contributed by atoms with Crippen LogP contribution < -0.4 is 10.1 Å². The van der Waals surface area contributed by atoms with Crippen LogP contribution in [0.25, 0.3) is 0 Å². The van der Waals surface area contributed by atoms with Gasteiger partial charge < -0.3 is 10.1 Å². The molecule has 1 amide bonds. The second kappa shape index (κ2) is 8.36. The van der Waals surface area contributed by atoms with E-state index in [0.29, 0.717) is 26.0 Å². The summed E-state index contributed by atoms with van der Waals surface area (Å²) in [7, 11) is 1.94. The Morgan fingerprint density at radius 3 is 2.65 bits per heavy atom. The van der Waals surface area contributed by atoms with Crippen molar-refractivity contribution in [2.45, 2.75) is 33.1 Å². The molecule has 0 aliphatic rings. The molecule has 0 aliphatic carbocycles. The molecule has 1 heterocycles. The van der Waals surface area contributed by atoms with Crippen LogP contribution in [0.1, 0.15) is 29.8 Å². The van der Waals surface area contributed by atoms with Gasteiger partial charge in [0.15, 0.2) is 0 Å². The van der Waals surface area contributed by atoms with E-state index < -0.39 is 0 Å². The number of hydrogen-bond acceptors (Lipinski definition) is 3. The van der Waals surface area contributed by atoms with Crippen molar-refractivity contribution >= 4 is 5.91 Å². The molecular formula is C18H25N3O2. The molecule has 2 rings (SSSR count). The molecule has 0 atom stereocenters. The van der Waals surface area contributed by atoms with Crippen molar-refractivity contribution in [3.8, 4) is 5.75 Å². The van der Waals surface area contributed by atoms with E-state index >= 15 is 0 Å². The van der Waals surface area contributed by atoms with Gasteiger partial charge in [0.05, 0.1) is 12.3 Å². The van der Waals surface area contributed by atoms with Crippen molar-refractivity contribution in [2.24, 2.45) is 7.05 Å². The van der Waals surface area contributed by atoms with Gasteiger partial charge in [0.2, 0.25) is 5.91 Å². The molecule has 5 heteroatoms. The van der Waals surface area contributed by atoms with E-state index in [9.17, 15) is 4.79 Å². The number of aryl methyl sites for hydroxylation is 2. The maximum Gasteiger partial charge on any atom is 0.220 e. The van der Waals surface area contributed by atoms with E-state index in [1.165, 1.54) is 5.56 Å². The lowest BCUT2D eigenvalue weighted by atomic mass is 10.1. The minimum absolute atomic E-state index is 0.0702. The fraction of sp³-hybridized carbons (Fsp3) is 0.444. The standard InChI is InChI=1S/C18H25N3O2/c1-14-17(15(2)21(3)20-14)11-12-19-18(22)10-7-13-23-16-8-5-4-6-9-16/h4-6,8-9H,7,10-13H2,1-3H3,(H,19,22). The number of para-hydroxylation sites is 1. The van der Waals surface area contributed by atoms with Gasteiger partial charge in [0.1, 0.15) is 5.75 Å². The number of nitrogens with one attached hydrogen (secondary N) is 1. The number of amides is 1. The Kier molecular flexibility index (Phi) is 6.20. The summed E-state index contributed by atoms with van der Waals surface area (Å²) in [5.41, 5.74) is 3.42. The summed E-state index contributed by atoms with van der Waals surface area (Å²) in [6.07, 6.45) is 2.02. The third-order valence-electron chi connectivity index (χ3n) is 3.92. The normalized spacial score (nSPS) is 10.6. The molecule has 0 bridgehead atoms. The molecule has 0 aliphatic heterocycles. The van der Waals surface area contributed by atoms with E-state index in [4.69, 9.17) is 4.74 Å². The number of benzene rings is 1. The van der Waals surface area contributed by atoms with Crippen molar-refractivity contribution < 1.29 is 9.53 Å². The Hall–Kier alpha value is -2.30. The number of hydrogen-bond donors (Lipinski definition) is 1. The first-order chi connectivity index (χ1) is 11.1. The van der Waals surface area contributed by atoms with Gasteiger partial charge in [-0.05, 0) is 44.4 Å². The molecule has 5 nitrogen and oxygen atoms in total. The van der Waals surface area contributed by atoms with Crippen molar-refractivity contribution in [2.75, 3.05) is 13.2 Å². The highest BCUT2D eigenvalue weighted by atomic mass is 16.5. The first-order valence-corrected chi connectivity index (χ1v) is 8.01. The summed E-state index contributed by atoms with van der Waals surface area (Å²) >= 11 is 0. The zero-order chi connectivity index (χ0) is 16.7. The minimum atomic E-state index is 0.0702. The fourth-order valence-corrected chi connectivity index (χ4v) is 2.53. The van der Waals surface area contributed by atoms with Gasteiger partial charge in [0.25, 0.3) is 0 Å². The van der Waals surface area contributed by atoms with Crippen molar-refractivity contribution in [3.63, 3.8) is 0 Å². The summed E-state index contributed by atoms with van der Waals surface area (Å²) in [5.74, 6) is 0.913. The summed E-state index contributed by atoms with van der Waals surface area (Å²) < 4.78 is 7.46. The average Bonchev–Trinajstić information content (AvgIpc) is 2.79. The average molecular weight is 315 g/mol. The summed E-state index contributed by atoms with van der Waals surface area (Å²) in [5, 5.41) is 7.35. The van der Waals surface area contributed by atoms with Gasteiger partial charge in [-0.2, -0.15) is 5.10 Å². The number of carbonyl (C=O) groups excluding carboxylic acids is 1. The van der Waals surface area contributed by atoms with Crippen LogP contribution in [0.5, 0.6) is 5.75 Å². The van der Waals surface area contributed by atoms with E-state index in [1.54, 1.807) is 0 Å². The SMILES string of the molecule is Cc1nn(C)c(C)c1CCNC(=O)CCCOc1ccccc1. The van der Waals surface area contributed by atoms with Gasteiger partial charge >= 0.3 is 0 Å². The van der Waals surface area contributed by atoms with Crippen LogP contribution in [0.4, 0.5) is 0 Å². The number of aromatic nitrogens is 2. The zero-order valence-corrected chi connectivity index (χ0v) is 14.1. The smallest absolute Gasteiger partial charge is 0.220 e. The van der Waals surface area contributed by atoms with E-state index in [2.05, 4.69) is 17.3 Å². The first-order valence-electron chi connectivity index (χ1n) is 8.01. The maximum absolute atomic E-state index is 11.8. The first kappa shape index (κ1) is 17.1. The second-order valence-electron chi connectivity index (χ2n) is 5.64. The van der Waals surface area contributed by atoms with Crippen molar-refractivity contribution in [3.05, 3.63) is 47.3 Å². The van der Waals surface area contributed by atoms with Gasteiger partial charge in [-0.3, -0.25) is 9.48 Å². The highest BCUT2D eigenvalue weighted by Gasteiger charge is 2.09. The van der Waals surface area contributed by atoms with Crippen LogP contribution in [0, 0.1) is 13.8 Å². The molecule has 0 fully saturated rings. The minimum Gasteiger partial charge on any atom is -0.494 e. The summed E-state index contributed by atoms with van der Waals surface area (Å²) in [4.78, 5) is 11.8. The van der Waals surface area contributed by atoms with Crippen LogP contribution in [0.15, 0.2) is 30.3 Å². The predicted octanol–water partition coefficient (Wildman–Crippen LogP) is 2.55. The summed E-state index contributed by atoms with van der Waals surface area (Å²) in [6.45, 7) is 5.26. The van der Waals surface area contributed by atoms with Crippen LogP contribution >= 0.6 is 0 Å². The monoisotopic (exact) mass is 315 g/mol. The Bertz CT molecular complexity index is 635. The van der Waals surface area contributed by atoms with Gasteiger partial charge in [-0.1, -0.05) is 18.2 Å². The van der Waals surface area contributed by atoms with Crippen LogP contribution in [-0.4, -0.2) is 28.8 Å². The molecule has 1 N–H and O–H groups in total. The zero-order valence-electron chi connectivity index (χ0n) is 14.1. The van der Waals surface area contributed by atoms with Crippen molar-refractivity contribution in [1.82, 2.24) is 15.1 Å². The highest BCUT2D eigenvalue weighted by molar-refractivity contribution is 5.75.